The summed E-state index contributed by atoms with van der Waals surface area (Å²) < 4.78 is 6.17. The van der Waals surface area contributed by atoms with Gasteiger partial charge in [0.25, 0.3) is 0 Å². The molecule has 1 aliphatic carbocycles. The van der Waals surface area contributed by atoms with Crippen molar-refractivity contribution < 1.29 is 9.53 Å². The number of rotatable bonds is 1. The average molecular weight is 269 g/mol. The fraction of sp³-hybridized carbons (Fsp3) is 0.417. The normalized spacial score (nSPS) is 15.7. The number of ether oxygens (including phenoxy) is 1. The number of halogens is 1. The molecule has 0 saturated carbocycles. The van der Waals surface area contributed by atoms with E-state index in [-0.39, 0.29) is 5.78 Å². The molecule has 0 spiro atoms. The van der Waals surface area contributed by atoms with Gasteiger partial charge in [-0.05, 0) is 52.9 Å². The molecule has 0 bridgehead atoms. The molecule has 1 aromatic carbocycles. The molecule has 2 nitrogen and oxygen atoms in total. The molecule has 0 aliphatic heterocycles. The van der Waals surface area contributed by atoms with Gasteiger partial charge in [-0.15, -0.1) is 0 Å². The van der Waals surface area contributed by atoms with Gasteiger partial charge >= 0.3 is 0 Å². The molecule has 0 radical (unpaired) electrons. The Labute approximate surface area is 97.8 Å². The molecular weight excluding hydrogens is 256 g/mol. The first-order valence-corrected chi connectivity index (χ1v) is 5.92. The maximum Gasteiger partial charge on any atom is 0.163 e. The number of Topliss-reactive ketones (excluding diaryl/α,β-unsaturated/α-hetero) is 1. The van der Waals surface area contributed by atoms with Crippen molar-refractivity contribution >= 4 is 21.7 Å². The summed E-state index contributed by atoms with van der Waals surface area (Å²) >= 11 is 3.51. The highest BCUT2D eigenvalue weighted by Gasteiger charge is 2.19. The number of ketones is 1. The van der Waals surface area contributed by atoms with Crippen molar-refractivity contribution in [3.05, 3.63) is 27.7 Å². The highest BCUT2D eigenvalue weighted by atomic mass is 79.9. The Bertz CT molecular complexity index is 399. The molecule has 0 unspecified atom stereocenters. The van der Waals surface area contributed by atoms with Crippen LogP contribution < -0.4 is 4.74 Å². The van der Waals surface area contributed by atoms with E-state index < -0.39 is 0 Å². The van der Waals surface area contributed by atoms with Crippen LogP contribution in [0.3, 0.4) is 0 Å². The Morgan fingerprint density at radius 3 is 2.73 bits per heavy atom. The number of fused-ring (bicyclic) bond motifs is 1. The number of methoxy groups -OCH3 is 1. The smallest absolute Gasteiger partial charge is 0.163 e. The topological polar surface area (TPSA) is 26.3 Å². The zero-order chi connectivity index (χ0) is 10.8. The summed E-state index contributed by atoms with van der Waals surface area (Å²) in [5, 5.41) is 0. The van der Waals surface area contributed by atoms with Gasteiger partial charge in [0, 0.05) is 12.0 Å². The van der Waals surface area contributed by atoms with Crippen molar-refractivity contribution in [1.29, 1.82) is 0 Å². The number of carbonyl (C=O) groups excluding carboxylic acids is 1. The summed E-state index contributed by atoms with van der Waals surface area (Å²) in [5.41, 5.74) is 1.97. The molecule has 0 fully saturated rings. The highest BCUT2D eigenvalue weighted by molar-refractivity contribution is 9.10. The van der Waals surface area contributed by atoms with Gasteiger partial charge < -0.3 is 4.74 Å². The van der Waals surface area contributed by atoms with E-state index in [1.54, 1.807) is 7.11 Å². The highest BCUT2D eigenvalue weighted by Crippen LogP contribution is 2.34. The summed E-state index contributed by atoms with van der Waals surface area (Å²) in [6.45, 7) is 0. The first-order valence-electron chi connectivity index (χ1n) is 5.12. The molecule has 0 atom stereocenters. The zero-order valence-electron chi connectivity index (χ0n) is 8.68. The molecule has 0 saturated heterocycles. The van der Waals surface area contributed by atoms with Gasteiger partial charge in [-0.25, -0.2) is 0 Å². The van der Waals surface area contributed by atoms with Crippen LogP contribution in [-0.4, -0.2) is 12.9 Å². The van der Waals surface area contributed by atoms with E-state index in [0.29, 0.717) is 6.42 Å². The summed E-state index contributed by atoms with van der Waals surface area (Å²) in [4.78, 5) is 11.8. The van der Waals surface area contributed by atoms with Gasteiger partial charge in [-0.1, -0.05) is 0 Å². The Balaban J connectivity index is 2.55. The molecule has 1 aromatic rings. The lowest BCUT2D eigenvalue weighted by atomic mass is 10.0. The molecule has 1 aliphatic rings. The largest absolute Gasteiger partial charge is 0.496 e. The predicted octanol–water partition coefficient (Wildman–Crippen LogP) is 3.37. The second kappa shape index (κ2) is 4.35. The predicted molar refractivity (Wildman–Crippen MR) is 62.6 cm³/mol. The minimum absolute atomic E-state index is 0.255. The van der Waals surface area contributed by atoms with Gasteiger partial charge in [0.05, 0.1) is 11.6 Å². The maximum absolute atomic E-state index is 11.8. The van der Waals surface area contributed by atoms with Crippen molar-refractivity contribution in [3.63, 3.8) is 0 Å². The number of carbonyl (C=O) groups is 1. The molecule has 2 rings (SSSR count). The van der Waals surface area contributed by atoms with E-state index in [2.05, 4.69) is 15.9 Å². The van der Waals surface area contributed by atoms with Crippen molar-refractivity contribution in [2.75, 3.05) is 7.11 Å². The van der Waals surface area contributed by atoms with Crippen molar-refractivity contribution in [2.24, 2.45) is 0 Å². The van der Waals surface area contributed by atoms with Gasteiger partial charge in [0.2, 0.25) is 0 Å². The fourth-order valence-corrected chi connectivity index (χ4v) is 2.69. The lowest BCUT2D eigenvalue weighted by Gasteiger charge is -2.10. The monoisotopic (exact) mass is 268 g/mol. The summed E-state index contributed by atoms with van der Waals surface area (Å²) in [7, 11) is 1.64. The molecule has 0 aromatic heterocycles. The summed E-state index contributed by atoms with van der Waals surface area (Å²) in [6.07, 6.45) is 3.69. The molecule has 0 amide bonds. The number of hydrogen-bond donors (Lipinski definition) is 0. The van der Waals surface area contributed by atoms with Gasteiger partial charge in [0.15, 0.2) is 5.78 Å². The lowest BCUT2D eigenvalue weighted by molar-refractivity contribution is 0.0982. The van der Waals surface area contributed by atoms with Crippen LogP contribution in [0, 0.1) is 0 Å². The summed E-state index contributed by atoms with van der Waals surface area (Å²) in [6, 6.07) is 3.73. The standard InChI is InChI=1S/C12H13BrO2/c1-15-11-7-6-8-9(12(11)13)4-2-3-5-10(8)14/h6-7H,2-5H2,1H3. The molecule has 80 valence electrons. The summed E-state index contributed by atoms with van der Waals surface area (Å²) in [5.74, 6) is 1.06. The quantitative estimate of drug-likeness (QED) is 0.731. The van der Waals surface area contributed by atoms with Gasteiger partial charge in [-0.3, -0.25) is 4.79 Å². The third-order valence-corrected chi connectivity index (χ3v) is 3.68. The second-order valence-electron chi connectivity index (χ2n) is 3.74. The van der Waals surface area contributed by atoms with Crippen LogP contribution in [0.4, 0.5) is 0 Å². The molecule has 0 heterocycles. The Kier molecular flexibility index (Phi) is 3.10. The van der Waals surface area contributed by atoms with Crippen LogP contribution in [0.1, 0.15) is 35.2 Å². The van der Waals surface area contributed by atoms with Crippen LogP contribution >= 0.6 is 15.9 Å². The Hall–Kier alpha value is -0.830. The molecule has 15 heavy (non-hydrogen) atoms. The minimum atomic E-state index is 0.255. The SMILES string of the molecule is COc1ccc2c(c1Br)CCCCC2=O. The first-order chi connectivity index (χ1) is 7.24. The fourth-order valence-electron chi connectivity index (χ4n) is 1.99. The van der Waals surface area contributed by atoms with Crippen molar-refractivity contribution in [1.82, 2.24) is 0 Å². The van der Waals surface area contributed by atoms with Crippen LogP contribution in [0.25, 0.3) is 0 Å². The molecule has 0 N–H and O–H groups in total. The first kappa shape index (κ1) is 10.7. The lowest BCUT2D eigenvalue weighted by Crippen LogP contribution is -2.01. The molecule has 3 heteroatoms. The van der Waals surface area contributed by atoms with Gasteiger partial charge in [-0.2, -0.15) is 0 Å². The third-order valence-electron chi connectivity index (χ3n) is 2.81. The van der Waals surface area contributed by atoms with E-state index in [9.17, 15) is 4.79 Å². The number of benzene rings is 1. The molecular formula is C12H13BrO2. The third kappa shape index (κ3) is 1.93. The van der Waals surface area contributed by atoms with E-state index in [1.807, 2.05) is 12.1 Å². The van der Waals surface area contributed by atoms with Crippen LogP contribution in [0.5, 0.6) is 5.75 Å². The number of hydrogen-bond acceptors (Lipinski definition) is 2. The van der Waals surface area contributed by atoms with Gasteiger partial charge in [0.1, 0.15) is 5.75 Å². The van der Waals surface area contributed by atoms with Crippen molar-refractivity contribution in [3.8, 4) is 5.75 Å². The van der Waals surface area contributed by atoms with Crippen molar-refractivity contribution in [2.45, 2.75) is 25.7 Å². The minimum Gasteiger partial charge on any atom is -0.496 e. The second-order valence-corrected chi connectivity index (χ2v) is 4.53. The van der Waals surface area contributed by atoms with Crippen LogP contribution in [0.2, 0.25) is 0 Å². The van der Waals surface area contributed by atoms with E-state index in [0.717, 1.165) is 40.6 Å². The van der Waals surface area contributed by atoms with E-state index >= 15 is 0 Å². The Morgan fingerprint density at radius 2 is 2.00 bits per heavy atom. The van der Waals surface area contributed by atoms with Crippen LogP contribution in [0.15, 0.2) is 16.6 Å². The zero-order valence-corrected chi connectivity index (χ0v) is 10.3. The maximum atomic E-state index is 11.8. The van der Waals surface area contributed by atoms with E-state index in [4.69, 9.17) is 4.74 Å². The van der Waals surface area contributed by atoms with E-state index in [1.165, 1.54) is 0 Å². The van der Waals surface area contributed by atoms with Crippen LogP contribution in [-0.2, 0) is 6.42 Å². The average Bonchev–Trinajstić information content (AvgIpc) is 2.42. The Morgan fingerprint density at radius 1 is 1.27 bits per heavy atom.